The van der Waals surface area contributed by atoms with Gasteiger partial charge < -0.3 is 15.3 Å². The number of hydrogen-bond donors (Lipinski definition) is 2. The second kappa shape index (κ2) is 7.16. The van der Waals surface area contributed by atoms with Crippen molar-refractivity contribution in [1.29, 1.82) is 0 Å². The highest BCUT2D eigenvalue weighted by Gasteiger charge is 2.20. The van der Waals surface area contributed by atoms with Crippen molar-refractivity contribution in [3.63, 3.8) is 0 Å². The Morgan fingerprint density at radius 3 is 2.84 bits per heavy atom. The minimum Gasteiger partial charge on any atom is -0.465 e. The fourth-order valence-corrected chi connectivity index (χ4v) is 1.79. The van der Waals surface area contributed by atoms with Gasteiger partial charge in [0.05, 0.1) is 16.1 Å². The van der Waals surface area contributed by atoms with Crippen LogP contribution in [0.4, 0.5) is 4.79 Å². The number of nitrogens with zero attached hydrogens (tertiary/aromatic N) is 2. The smallest absolute Gasteiger partial charge is 0.405 e. The summed E-state index contributed by atoms with van der Waals surface area (Å²) in [7, 11) is 0. The summed E-state index contributed by atoms with van der Waals surface area (Å²) in [6.07, 6.45) is 0.222. The molecule has 1 atom stereocenters. The Bertz CT molecular complexity index is 494. The minimum absolute atomic E-state index is 0.269. The molecule has 1 heterocycles. The van der Waals surface area contributed by atoms with Crippen LogP contribution in [-0.4, -0.2) is 34.5 Å². The van der Waals surface area contributed by atoms with E-state index < -0.39 is 12.1 Å². The van der Waals surface area contributed by atoms with E-state index in [2.05, 4.69) is 15.5 Å². The molecule has 0 aliphatic rings. The lowest BCUT2D eigenvalue weighted by Crippen LogP contribution is -2.38. The zero-order chi connectivity index (χ0) is 14.4. The molecule has 0 saturated carbocycles. The van der Waals surface area contributed by atoms with Crippen molar-refractivity contribution in [2.45, 2.75) is 19.9 Å². The zero-order valence-corrected chi connectivity index (χ0v) is 11.9. The molecule has 0 fully saturated rings. The van der Waals surface area contributed by atoms with Gasteiger partial charge in [-0.25, -0.2) is 4.79 Å². The molecule has 104 valence electrons. The highest BCUT2D eigenvalue weighted by molar-refractivity contribution is 6.36. The maximum atomic E-state index is 10.7. The predicted octanol–water partition coefficient (Wildman–Crippen LogP) is 2.79. The number of halogens is 2. The van der Waals surface area contributed by atoms with Crippen LogP contribution in [0, 0.1) is 0 Å². The van der Waals surface area contributed by atoms with Crippen LogP contribution in [0.2, 0.25) is 10.0 Å². The van der Waals surface area contributed by atoms with E-state index >= 15 is 0 Å². The Balaban J connectivity index is 3.12. The van der Waals surface area contributed by atoms with Crippen LogP contribution in [-0.2, 0) is 4.84 Å². The molecule has 8 heteroatoms. The summed E-state index contributed by atoms with van der Waals surface area (Å²) in [5.41, 5.74) is 0.603. The number of amides is 1. The highest BCUT2D eigenvalue weighted by atomic mass is 35.5. The van der Waals surface area contributed by atoms with Crippen LogP contribution >= 0.6 is 23.2 Å². The van der Waals surface area contributed by atoms with Gasteiger partial charge in [-0.1, -0.05) is 28.4 Å². The van der Waals surface area contributed by atoms with Gasteiger partial charge in [-0.05, 0) is 19.9 Å². The average molecular weight is 306 g/mol. The van der Waals surface area contributed by atoms with Crippen molar-refractivity contribution in [2.24, 2.45) is 5.16 Å². The molecule has 1 amide bonds. The number of hydrogen-bond acceptors (Lipinski definition) is 4. The maximum Gasteiger partial charge on any atom is 0.405 e. The molecule has 0 aliphatic carbocycles. The number of aromatic nitrogens is 1. The molecule has 1 aromatic rings. The van der Waals surface area contributed by atoms with Gasteiger partial charge in [-0.3, -0.25) is 4.98 Å². The number of oxime groups is 1. The van der Waals surface area contributed by atoms with E-state index in [4.69, 9.17) is 33.1 Å². The third kappa shape index (κ3) is 4.57. The van der Waals surface area contributed by atoms with Gasteiger partial charge in [0, 0.05) is 6.20 Å². The van der Waals surface area contributed by atoms with Gasteiger partial charge in [0.1, 0.15) is 18.0 Å². The Morgan fingerprint density at radius 2 is 2.32 bits per heavy atom. The first-order valence-electron chi connectivity index (χ1n) is 5.46. The van der Waals surface area contributed by atoms with Gasteiger partial charge in [-0.15, -0.1) is 0 Å². The number of carboxylic acid groups (broad SMARTS) is 1. The Labute approximate surface area is 120 Å². The lowest BCUT2D eigenvalue weighted by Gasteiger charge is -2.14. The largest absolute Gasteiger partial charge is 0.465 e. The summed E-state index contributed by atoms with van der Waals surface area (Å²) >= 11 is 11.8. The zero-order valence-electron chi connectivity index (χ0n) is 10.4. The molecule has 1 unspecified atom stereocenters. The minimum atomic E-state index is -1.18. The fraction of sp³-hybridized carbons (Fsp3) is 0.364. The van der Waals surface area contributed by atoms with Crippen molar-refractivity contribution in [3.05, 3.63) is 28.0 Å². The molecule has 0 radical (unpaired) electrons. The molecular formula is C11H13Cl2N3O3. The Morgan fingerprint density at radius 1 is 1.63 bits per heavy atom. The fourth-order valence-electron chi connectivity index (χ4n) is 1.32. The Kier molecular flexibility index (Phi) is 5.85. The molecule has 6 nitrogen and oxygen atoms in total. The highest BCUT2D eigenvalue weighted by Crippen LogP contribution is 2.20. The summed E-state index contributed by atoms with van der Waals surface area (Å²) in [6.45, 7) is 3.71. The topological polar surface area (TPSA) is 83.8 Å². The van der Waals surface area contributed by atoms with Crippen LogP contribution in [0.5, 0.6) is 0 Å². The van der Waals surface area contributed by atoms with E-state index in [1.54, 1.807) is 13.8 Å². The van der Waals surface area contributed by atoms with E-state index in [0.29, 0.717) is 17.3 Å². The average Bonchev–Trinajstić information content (AvgIpc) is 2.31. The molecule has 0 aromatic carbocycles. The molecule has 19 heavy (non-hydrogen) atoms. The number of rotatable bonds is 5. The van der Waals surface area contributed by atoms with Crippen LogP contribution in [0.25, 0.3) is 0 Å². The monoisotopic (exact) mass is 305 g/mol. The van der Waals surface area contributed by atoms with Crippen molar-refractivity contribution in [3.8, 4) is 0 Å². The molecule has 0 spiro atoms. The number of pyridine rings is 1. The molecule has 0 saturated heterocycles. The van der Waals surface area contributed by atoms with Crippen LogP contribution in [0.1, 0.15) is 19.5 Å². The van der Waals surface area contributed by atoms with Gasteiger partial charge >= 0.3 is 6.09 Å². The van der Waals surface area contributed by atoms with Crippen LogP contribution in [0.3, 0.4) is 0 Å². The van der Waals surface area contributed by atoms with Crippen LogP contribution in [0.15, 0.2) is 17.4 Å². The number of carbonyl (C=O) groups is 1. The van der Waals surface area contributed by atoms with Crippen molar-refractivity contribution < 1.29 is 14.7 Å². The summed E-state index contributed by atoms with van der Waals surface area (Å²) < 4.78 is 0. The molecule has 0 aliphatic heterocycles. The first-order valence-corrected chi connectivity index (χ1v) is 6.22. The quantitative estimate of drug-likeness (QED) is 0.647. The molecule has 1 aromatic heterocycles. The second-order valence-corrected chi connectivity index (χ2v) is 4.39. The third-order valence-corrected chi connectivity index (χ3v) is 2.59. The van der Waals surface area contributed by atoms with Gasteiger partial charge in [0.15, 0.2) is 0 Å². The lowest BCUT2D eigenvalue weighted by molar-refractivity contribution is 0.157. The lowest BCUT2D eigenvalue weighted by atomic mass is 10.1. The van der Waals surface area contributed by atoms with Gasteiger partial charge in [-0.2, -0.15) is 0 Å². The Hall–Kier alpha value is -1.53. The SMILES string of the molecule is CCON=C(c1ncc(Cl)cc1Cl)C(C)NC(=O)O. The predicted molar refractivity (Wildman–Crippen MR) is 73.0 cm³/mol. The van der Waals surface area contributed by atoms with Crippen molar-refractivity contribution in [1.82, 2.24) is 10.3 Å². The summed E-state index contributed by atoms with van der Waals surface area (Å²) in [5, 5.41) is 15.5. The number of nitrogens with one attached hydrogen (secondary N) is 1. The van der Waals surface area contributed by atoms with Gasteiger partial charge in [0.25, 0.3) is 0 Å². The first-order chi connectivity index (χ1) is 8.95. The van der Waals surface area contributed by atoms with Crippen molar-refractivity contribution >= 4 is 35.0 Å². The second-order valence-electron chi connectivity index (χ2n) is 3.55. The standard InChI is InChI=1S/C11H13Cl2N3O3/c1-3-19-16-9(6(2)15-11(17)18)10-8(13)4-7(12)5-14-10/h4-6,15H,3H2,1-2H3,(H,17,18). The summed E-state index contributed by atoms with van der Waals surface area (Å²) in [4.78, 5) is 19.7. The third-order valence-electron chi connectivity index (χ3n) is 2.09. The van der Waals surface area contributed by atoms with E-state index in [0.717, 1.165) is 0 Å². The molecule has 2 N–H and O–H groups in total. The van der Waals surface area contributed by atoms with E-state index in [1.165, 1.54) is 12.3 Å². The van der Waals surface area contributed by atoms with E-state index in [9.17, 15) is 4.79 Å². The van der Waals surface area contributed by atoms with Crippen LogP contribution < -0.4 is 5.32 Å². The van der Waals surface area contributed by atoms with E-state index in [1.807, 2.05) is 0 Å². The van der Waals surface area contributed by atoms with E-state index in [-0.39, 0.29) is 10.7 Å². The normalized spacial score (nSPS) is 12.9. The summed E-state index contributed by atoms with van der Waals surface area (Å²) in [6, 6.07) is 0.871. The van der Waals surface area contributed by atoms with Crippen molar-refractivity contribution in [2.75, 3.05) is 6.61 Å². The molecule has 0 bridgehead atoms. The first kappa shape index (κ1) is 15.5. The molecular weight excluding hydrogens is 293 g/mol. The maximum absolute atomic E-state index is 10.7. The van der Waals surface area contributed by atoms with Gasteiger partial charge in [0.2, 0.25) is 0 Å². The summed E-state index contributed by atoms with van der Waals surface area (Å²) in [5.74, 6) is 0. The molecule has 1 rings (SSSR count).